The van der Waals surface area contributed by atoms with Crippen molar-refractivity contribution in [3.05, 3.63) is 27.8 Å². The standard InChI is InChI=1S/C18H30N6O2S.HI/c1-7-19-18(20-9-8-15-22-16(12(2)3)23-26-15)24(5)10-14-11-27-17(21-14)13(4)25-6;/h11-13H,7-10H2,1-6H3,(H,19,20);1H. The molecule has 0 saturated carbocycles. The zero-order valence-corrected chi connectivity index (χ0v) is 20.6. The summed E-state index contributed by atoms with van der Waals surface area (Å²) in [7, 11) is 3.70. The molecular formula is C18H31IN6O2S. The fourth-order valence-electron chi connectivity index (χ4n) is 2.33. The molecule has 2 aromatic rings. The summed E-state index contributed by atoms with van der Waals surface area (Å²) in [6.07, 6.45) is 0.635. The normalized spacial score (nSPS) is 12.8. The van der Waals surface area contributed by atoms with Gasteiger partial charge in [0, 0.05) is 38.4 Å². The lowest BCUT2D eigenvalue weighted by Gasteiger charge is -2.21. The van der Waals surface area contributed by atoms with Crippen molar-refractivity contribution in [2.45, 2.75) is 52.7 Å². The van der Waals surface area contributed by atoms with Gasteiger partial charge in [0.1, 0.15) is 11.1 Å². The maximum Gasteiger partial charge on any atom is 0.228 e. The fourth-order valence-corrected chi connectivity index (χ4v) is 3.17. The molecule has 0 radical (unpaired) electrons. The highest BCUT2D eigenvalue weighted by atomic mass is 127. The number of hydrogen-bond donors (Lipinski definition) is 1. The van der Waals surface area contributed by atoms with Gasteiger partial charge in [-0.15, -0.1) is 35.3 Å². The van der Waals surface area contributed by atoms with Crippen molar-refractivity contribution < 1.29 is 9.26 Å². The van der Waals surface area contributed by atoms with Gasteiger partial charge in [-0.1, -0.05) is 19.0 Å². The number of hydrogen-bond acceptors (Lipinski definition) is 7. The van der Waals surface area contributed by atoms with Crippen molar-refractivity contribution in [2.24, 2.45) is 4.99 Å². The van der Waals surface area contributed by atoms with E-state index in [9.17, 15) is 0 Å². The lowest BCUT2D eigenvalue weighted by Crippen LogP contribution is -2.38. The average molecular weight is 522 g/mol. The highest BCUT2D eigenvalue weighted by Gasteiger charge is 2.13. The molecule has 8 nitrogen and oxygen atoms in total. The minimum Gasteiger partial charge on any atom is -0.375 e. The van der Waals surface area contributed by atoms with E-state index in [2.05, 4.69) is 42.6 Å². The monoisotopic (exact) mass is 522 g/mol. The number of nitrogens with one attached hydrogen (secondary N) is 1. The van der Waals surface area contributed by atoms with Gasteiger partial charge in [-0.05, 0) is 13.8 Å². The molecule has 10 heteroatoms. The summed E-state index contributed by atoms with van der Waals surface area (Å²) in [6, 6.07) is 0. The van der Waals surface area contributed by atoms with Crippen molar-refractivity contribution in [2.75, 3.05) is 27.2 Å². The Morgan fingerprint density at radius 1 is 1.36 bits per heavy atom. The second kappa shape index (κ2) is 12.3. The van der Waals surface area contributed by atoms with E-state index in [1.54, 1.807) is 18.4 Å². The molecule has 0 aromatic carbocycles. The van der Waals surface area contributed by atoms with Gasteiger partial charge >= 0.3 is 0 Å². The zero-order chi connectivity index (χ0) is 19.8. The van der Waals surface area contributed by atoms with Gasteiger partial charge in [0.05, 0.1) is 18.8 Å². The molecule has 2 aromatic heterocycles. The van der Waals surface area contributed by atoms with Crippen LogP contribution in [0.15, 0.2) is 14.9 Å². The Balaban J connectivity index is 0.00000392. The first-order valence-corrected chi connectivity index (χ1v) is 10.1. The molecule has 158 valence electrons. The van der Waals surface area contributed by atoms with Crippen molar-refractivity contribution in [1.82, 2.24) is 25.3 Å². The zero-order valence-electron chi connectivity index (χ0n) is 17.4. The van der Waals surface area contributed by atoms with Gasteiger partial charge in [-0.25, -0.2) is 4.98 Å². The third kappa shape index (κ3) is 7.28. The second-order valence-electron chi connectivity index (χ2n) is 6.60. The van der Waals surface area contributed by atoms with Crippen LogP contribution < -0.4 is 5.32 Å². The van der Waals surface area contributed by atoms with Crippen LogP contribution in [0.4, 0.5) is 0 Å². The summed E-state index contributed by atoms with van der Waals surface area (Å²) < 4.78 is 10.6. The highest BCUT2D eigenvalue weighted by Crippen LogP contribution is 2.20. The van der Waals surface area contributed by atoms with Gasteiger partial charge in [-0.2, -0.15) is 4.98 Å². The van der Waals surface area contributed by atoms with Gasteiger partial charge in [-0.3, -0.25) is 4.99 Å². The molecule has 0 amide bonds. The van der Waals surface area contributed by atoms with Crippen LogP contribution in [-0.4, -0.2) is 53.2 Å². The smallest absolute Gasteiger partial charge is 0.228 e. The van der Waals surface area contributed by atoms with Crippen LogP contribution in [0.2, 0.25) is 0 Å². The third-order valence-corrected chi connectivity index (χ3v) is 5.01. The molecule has 1 atom stereocenters. The van der Waals surface area contributed by atoms with E-state index in [4.69, 9.17) is 9.26 Å². The number of rotatable bonds is 9. The summed E-state index contributed by atoms with van der Waals surface area (Å²) in [4.78, 5) is 15.8. The molecule has 2 heterocycles. The minimum atomic E-state index is 0. The van der Waals surface area contributed by atoms with Crippen LogP contribution in [0.25, 0.3) is 0 Å². The summed E-state index contributed by atoms with van der Waals surface area (Å²) >= 11 is 1.62. The molecule has 0 saturated heterocycles. The van der Waals surface area contributed by atoms with Crippen LogP contribution in [0.5, 0.6) is 0 Å². The molecule has 28 heavy (non-hydrogen) atoms. The van der Waals surface area contributed by atoms with Gasteiger partial charge in [0.15, 0.2) is 11.8 Å². The van der Waals surface area contributed by atoms with E-state index in [-0.39, 0.29) is 36.0 Å². The molecule has 0 aliphatic rings. The van der Waals surface area contributed by atoms with Crippen LogP contribution in [-0.2, 0) is 17.7 Å². The fraction of sp³-hybridized carbons (Fsp3) is 0.667. The summed E-state index contributed by atoms with van der Waals surface area (Å²) in [5, 5.41) is 10.4. The number of thiazole rings is 1. The molecule has 0 aliphatic heterocycles. The lowest BCUT2D eigenvalue weighted by molar-refractivity contribution is 0.119. The summed E-state index contributed by atoms with van der Waals surface area (Å²) in [5.74, 6) is 2.45. The largest absolute Gasteiger partial charge is 0.375 e. The molecule has 0 aliphatic carbocycles. The third-order valence-electron chi connectivity index (χ3n) is 3.95. The van der Waals surface area contributed by atoms with E-state index in [1.807, 2.05) is 27.8 Å². The number of nitrogens with zero attached hydrogens (tertiary/aromatic N) is 5. The van der Waals surface area contributed by atoms with Crippen LogP contribution in [0, 0.1) is 0 Å². The maximum atomic E-state index is 5.33. The first-order valence-electron chi connectivity index (χ1n) is 9.23. The van der Waals surface area contributed by atoms with Crippen LogP contribution in [0.3, 0.4) is 0 Å². The van der Waals surface area contributed by atoms with Crippen molar-refractivity contribution >= 4 is 41.3 Å². The number of halogens is 1. The predicted octanol–water partition coefficient (Wildman–Crippen LogP) is 3.61. The lowest BCUT2D eigenvalue weighted by atomic mass is 10.2. The Morgan fingerprint density at radius 2 is 2.11 bits per heavy atom. The Morgan fingerprint density at radius 3 is 2.71 bits per heavy atom. The summed E-state index contributed by atoms with van der Waals surface area (Å²) in [6.45, 7) is 10.2. The van der Waals surface area contributed by atoms with Crippen molar-refractivity contribution in [1.29, 1.82) is 0 Å². The Labute approximate surface area is 188 Å². The molecule has 1 unspecified atom stereocenters. The SMILES string of the molecule is CCNC(=NCCc1nc(C(C)C)no1)N(C)Cc1csc(C(C)OC)n1.I. The van der Waals surface area contributed by atoms with E-state index in [0.29, 0.717) is 25.4 Å². The van der Waals surface area contributed by atoms with E-state index in [0.717, 1.165) is 29.0 Å². The van der Waals surface area contributed by atoms with Crippen LogP contribution in [0.1, 0.15) is 62.1 Å². The quantitative estimate of drug-likeness (QED) is 0.306. The predicted molar refractivity (Wildman–Crippen MR) is 122 cm³/mol. The molecular weight excluding hydrogens is 491 g/mol. The Kier molecular flexibility index (Phi) is 10.9. The highest BCUT2D eigenvalue weighted by molar-refractivity contribution is 14.0. The Bertz CT molecular complexity index is 733. The van der Waals surface area contributed by atoms with Gasteiger partial charge in [0.2, 0.25) is 5.89 Å². The summed E-state index contributed by atoms with van der Waals surface area (Å²) in [5.41, 5.74) is 1.01. The maximum absolute atomic E-state index is 5.33. The Hall–Kier alpha value is -1.27. The first-order chi connectivity index (χ1) is 12.9. The van der Waals surface area contributed by atoms with Crippen LogP contribution >= 0.6 is 35.3 Å². The first kappa shape index (κ1) is 24.8. The number of guanidine groups is 1. The number of methoxy groups -OCH3 is 1. The van der Waals surface area contributed by atoms with E-state index < -0.39 is 0 Å². The van der Waals surface area contributed by atoms with Gasteiger partial charge in [0.25, 0.3) is 0 Å². The molecule has 0 bridgehead atoms. The second-order valence-corrected chi connectivity index (χ2v) is 7.49. The van der Waals surface area contributed by atoms with E-state index >= 15 is 0 Å². The van der Waals surface area contributed by atoms with Crippen molar-refractivity contribution in [3.8, 4) is 0 Å². The average Bonchev–Trinajstić information content (AvgIpc) is 3.30. The van der Waals surface area contributed by atoms with Gasteiger partial charge < -0.3 is 19.5 Å². The number of aromatic nitrogens is 3. The molecule has 0 fully saturated rings. The number of ether oxygens (including phenoxy) is 1. The minimum absolute atomic E-state index is 0. The van der Waals surface area contributed by atoms with E-state index in [1.165, 1.54) is 0 Å². The molecule has 1 N–H and O–H groups in total. The number of aliphatic imine (C=N–C) groups is 1. The van der Waals surface area contributed by atoms with Crippen molar-refractivity contribution in [3.63, 3.8) is 0 Å². The topological polar surface area (TPSA) is 88.7 Å². The molecule has 0 spiro atoms. The molecule has 2 rings (SSSR count).